The van der Waals surface area contributed by atoms with Crippen molar-refractivity contribution in [1.82, 2.24) is 10.2 Å². The molecule has 0 aromatic heterocycles. The van der Waals surface area contributed by atoms with Crippen molar-refractivity contribution in [3.8, 4) is 11.5 Å². The average molecular weight is 416 g/mol. The molecule has 0 unspecified atom stereocenters. The van der Waals surface area contributed by atoms with Crippen molar-refractivity contribution in [1.29, 1.82) is 0 Å². The fraction of sp³-hybridized carbons (Fsp3) is 0.409. The van der Waals surface area contributed by atoms with E-state index in [1.165, 1.54) is 5.69 Å². The topological polar surface area (TPSA) is 54.0 Å². The van der Waals surface area contributed by atoms with Gasteiger partial charge >= 0.3 is 6.03 Å². The van der Waals surface area contributed by atoms with Crippen LogP contribution in [-0.4, -0.2) is 50.3 Å². The van der Waals surface area contributed by atoms with E-state index < -0.39 is 0 Å². The first kappa shape index (κ1) is 19.7. The highest BCUT2D eigenvalue weighted by atomic mass is 35.5. The van der Waals surface area contributed by atoms with E-state index in [-0.39, 0.29) is 6.03 Å². The van der Waals surface area contributed by atoms with E-state index in [2.05, 4.69) is 22.3 Å². The molecule has 2 aliphatic rings. The molecule has 4 rings (SSSR count). The summed E-state index contributed by atoms with van der Waals surface area (Å²) in [6.45, 7) is 4.81. The Morgan fingerprint density at radius 2 is 1.83 bits per heavy atom. The Morgan fingerprint density at radius 1 is 1.00 bits per heavy atom. The quantitative estimate of drug-likeness (QED) is 0.825. The van der Waals surface area contributed by atoms with Crippen LogP contribution in [0.5, 0.6) is 11.5 Å². The maximum absolute atomic E-state index is 12.7. The fourth-order valence-corrected chi connectivity index (χ4v) is 3.98. The van der Waals surface area contributed by atoms with E-state index in [9.17, 15) is 4.79 Å². The standard InChI is InChI=1S/C22H26ClN3O3/c23-19-14-17(15-20-21(19)29-13-5-12-28-20)16-24-22(27)26-9-4-8-25(10-11-26)18-6-2-1-3-7-18/h1-3,6-7,14-15H,4-5,8-13,16H2,(H,24,27). The summed E-state index contributed by atoms with van der Waals surface area (Å²) in [5, 5.41) is 3.53. The van der Waals surface area contributed by atoms with Gasteiger partial charge in [-0.15, -0.1) is 0 Å². The highest BCUT2D eigenvalue weighted by Crippen LogP contribution is 2.37. The van der Waals surface area contributed by atoms with Crippen molar-refractivity contribution in [2.45, 2.75) is 19.4 Å². The molecular formula is C22H26ClN3O3. The second-order valence-corrected chi connectivity index (χ2v) is 7.68. The van der Waals surface area contributed by atoms with Crippen LogP contribution >= 0.6 is 11.6 Å². The zero-order chi connectivity index (χ0) is 20.1. The van der Waals surface area contributed by atoms with Gasteiger partial charge in [0.2, 0.25) is 0 Å². The third-order valence-electron chi connectivity index (χ3n) is 5.21. The van der Waals surface area contributed by atoms with Crippen molar-refractivity contribution in [2.75, 3.05) is 44.3 Å². The van der Waals surface area contributed by atoms with E-state index >= 15 is 0 Å². The van der Waals surface area contributed by atoms with Gasteiger partial charge in [-0.25, -0.2) is 4.79 Å². The molecule has 2 aliphatic heterocycles. The highest BCUT2D eigenvalue weighted by molar-refractivity contribution is 6.32. The van der Waals surface area contributed by atoms with Gasteiger partial charge in [-0.2, -0.15) is 0 Å². The number of urea groups is 1. The van der Waals surface area contributed by atoms with Gasteiger partial charge in [-0.1, -0.05) is 29.8 Å². The maximum atomic E-state index is 12.7. The fourth-order valence-electron chi connectivity index (χ4n) is 3.69. The van der Waals surface area contributed by atoms with Crippen LogP contribution in [0.3, 0.4) is 0 Å². The number of carbonyl (C=O) groups is 1. The number of fused-ring (bicyclic) bond motifs is 1. The molecule has 154 valence electrons. The number of para-hydroxylation sites is 1. The van der Waals surface area contributed by atoms with E-state index in [0.717, 1.165) is 38.0 Å². The smallest absolute Gasteiger partial charge is 0.317 e. The largest absolute Gasteiger partial charge is 0.489 e. The third-order valence-corrected chi connectivity index (χ3v) is 5.49. The molecule has 2 aromatic rings. The summed E-state index contributed by atoms with van der Waals surface area (Å²) in [4.78, 5) is 16.9. The van der Waals surface area contributed by atoms with Crippen LogP contribution in [-0.2, 0) is 6.54 Å². The lowest BCUT2D eigenvalue weighted by atomic mass is 10.2. The molecule has 2 heterocycles. The molecule has 0 atom stereocenters. The Hall–Kier alpha value is -2.60. The SMILES string of the molecule is O=C(NCc1cc(Cl)c2c(c1)OCCCO2)N1CCCN(c2ccccc2)CC1. The first-order valence-corrected chi connectivity index (χ1v) is 10.5. The molecule has 7 heteroatoms. The number of hydrogen-bond acceptors (Lipinski definition) is 4. The first-order chi connectivity index (χ1) is 14.2. The van der Waals surface area contributed by atoms with Gasteiger partial charge in [0.15, 0.2) is 11.5 Å². The monoisotopic (exact) mass is 415 g/mol. The van der Waals surface area contributed by atoms with E-state index in [4.69, 9.17) is 21.1 Å². The number of amides is 2. The molecular weight excluding hydrogens is 390 g/mol. The minimum absolute atomic E-state index is 0.0526. The molecule has 1 N–H and O–H groups in total. The van der Waals surface area contributed by atoms with Gasteiger partial charge in [0.05, 0.1) is 18.2 Å². The predicted octanol–water partition coefficient (Wildman–Crippen LogP) is 3.92. The zero-order valence-electron chi connectivity index (χ0n) is 16.4. The summed E-state index contributed by atoms with van der Waals surface area (Å²) < 4.78 is 11.4. The summed E-state index contributed by atoms with van der Waals surface area (Å²) in [5.41, 5.74) is 2.10. The number of rotatable bonds is 3. The Bertz CT molecular complexity index is 847. The second-order valence-electron chi connectivity index (χ2n) is 7.28. The number of nitrogens with zero attached hydrogens (tertiary/aromatic N) is 2. The van der Waals surface area contributed by atoms with Gasteiger partial charge in [0, 0.05) is 44.8 Å². The third kappa shape index (κ3) is 4.88. The molecule has 2 amide bonds. The van der Waals surface area contributed by atoms with Gasteiger partial charge in [-0.05, 0) is 36.2 Å². The lowest BCUT2D eigenvalue weighted by Gasteiger charge is -2.24. The van der Waals surface area contributed by atoms with Crippen molar-refractivity contribution in [3.05, 3.63) is 53.1 Å². The van der Waals surface area contributed by atoms with Crippen LogP contribution in [0, 0.1) is 0 Å². The van der Waals surface area contributed by atoms with Crippen LogP contribution < -0.4 is 19.7 Å². The molecule has 29 heavy (non-hydrogen) atoms. The Balaban J connectivity index is 1.34. The number of anilines is 1. The van der Waals surface area contributed by atoms with Crippen LogP contribution in [0.1, 0.15) is 18.4 Å². The Kier molecular flexibility index (Phi) is 6.30. The van der Waals surface area contributed by atoms with Crippen molar-refractivity contribution >= 4 is 23.3 Å². The van der Waals surface area contributed by atoms with Gasteiger partial charge in [-0.3, -0.25) is 0 Å². The second kappa shape index (κ2) is 9.27. The number of benzene rings is 2. The van der Waals surface area contributed by atoms with Crippen molar-refractivity contribution in [2.24, 2.45) is 0 Å². The zero-order valence-corrected chi connectivity index (χ0v) is 17.2. The lowest BCUT2D eigenvalue weighted by molar-refractivity contribution is 0.201. The van der Waals surface area contributed by atoms with E-state index in [1.54, 1.807) is 0 Å². The summed E-state index contributed by atoms with van der Waals surface area (Å²) in [7, 11) is 0. The molecule has 6 nitrogen and oxygen atoms in total. The lowest BCUT2D eigenvalue weighted by Crippen LogP contribution is -2.41. The van der Waals surface area contributed by atoms with E-state index in [0.29, 0.717) is 42.8 Å². The number of halogens is 1. The minimum Gasteiger partial charge on any atom is -0.489 e. The van der Waals surface area contributed by atoms with Crippen molar-refractivity contribution in [3.63, 3.8) is 0 Å². The van der Waals surface area contributed by atoms with Crippen LogP contribution in [0.15, 0.2) is 42.5 Å². The van der Waals surface area contributed by atoms with Crippen LogP contribution in [0.4, 0.5) is 10.5 Å². The van der Waals surface area contributed by atoms with Gasteiger partial charge < -0.3 is 24.6 Å². The van der Waals surface area contributed by atoms with Crippen molar-refractivity contribution < 1.29 is 14.3 Å². The number of hydrogen-bond donors (Lipinski definition) is 1. The summed E-state index contributed by atoms with van der Waals surface area (Å²) in [5.74, 6) is 1.24. The van der Waals surface area contributed by atoms with E-state index in [1.807, 2.05) is 35.2 Å². The minimum atomic E-state index is -0.0526. The molecule has 1 fully saturated rings. The van der Waals surface area contributed by atoms with Crippen LogP contribution in [0.2, 0.25) is 5.02 Å². The molecule has 2 aromatic carbocycles. The van der Waals surface area contributed by atoms with Gasteiger partial charge in [0.25, 0.3) is 0 Å². The molecule has 0 aliphatic carbocycles. The molecule has 0 spiro atoms. The number of ether oxygens (including phenoxy) is 2. The summed E-state index contributed by atoms with van der Waals surface area (Å²) >= 11 is 6.35. The predicted molar refractivity (Wildman–Crippen MR) is 114 cm³/mol. The van der Waals surface area contributed by atoms with Crippen LogP contribution in [0.25, 0.3) is 0 Å². The molecule has 0 saturated carbocycles. The van der Waals surface area contributed by atoms with Gasteiger partial charge in [0.1, 0.15) is 0 Å². The Morgan fingerprint density at radius 3 is 2.69 bits per heavy atom. The first-order valence-electron chi connectivity index (χ1n) is 10.1. The average Bonchev–Trinajstić information content (AvgIpc) is 3.14. The maximum Gasteiger partial charge on any atom is 0.317 e. The molecule has 0 bridgehead atoms. The number of nitrogens with one attached hydrogen (secondary N) is 1. The highest BCUT2D eigenvalue weighted by Gasteiger charge is 2.20. The summed E-state index contributed by atoms with van der Waals surface area (Å²) in [6.07, 6.45) is 1.77. The number of carbonyl (C=O) groups excluding carboxylic acids is 1. The normalized spacial score (nSPS) is 16.7. The molecule has 1 saturated heterocycles. The summed E-state index contributed by atoms with van der Waals surface area (Å²) in [6, 6.07) is 14.0. The molecule has 0 radical (unpaired) electrons. The Labute approximate surface area is 176 Å².